The fourth-order valence-corrected chi connectivity index (χ4v) is 0.353. The number of hydrogen-bond acceptors (Lipinski definition) is 2. The predicted molar refractivity (Wildman–Crippen MR) is 44.9 cm³/mol. The van der Waals surface area contributed by atoms with Crippen molar-refractivity contribution in [2.45, 2.75) is 45.8 Å². The Kier molecular flexibility index (Phi) is 3.99. The Bertz CT molecular complexity index is 157. The molecule has 11 heavy (non-hydrogen) atoms. The van der Waals surface area contributed by atoms with Crippen molar-refractivity contribution in [2.24, 2.45) is 0 Å². The Labute approximate surface area is 68.6 Å². The Morgan fingerprint density at radius 3 is 2.36 bits per heavy atom. The van der Waals surface area contributed by atoms with Crippen LogP contribution in [-0.4, -0.2) is 16.8 Å². The monoisotopic (exact) mass is 156 g/mol. The van der Waals surface area contributed by atoms with Crippen molar-refractivity contribution in [2.75, 3.05) is 0 Å². The summed E-state index contributed by atoms with van der Waals surface area (Å²) >= 11 is 0. The molecule has 0 heterocycles. The Hall–Kier alpha value is -0.680. The van der Waals surface area contributed by atoms with Crippen LogP contribution in [0.25, 0.3) is 0 Å². The zero-order valence-corrected chi connectivity index (χ0v) is 7.64. The van der Waals surface area contributed by atoms with E-state index in [9.17, 15) is 0 Å². The summed E-state index contributed by atoms with van der Waals surface area (Å²) in [7, 11) is 0. The zero-order chi connectivity index (χ0) is 8.91. The minimum Gasteiger partial charge on any atom is -0.441 e. The van der Waals surface area contributed by atoms with Crippen molar-refractivity contribution < 1.29 is 9.84 Å². The minimum absolute atomic E-state index is 0.250. The highest BCUT2D eigenvalue weighted by molar-refractivity contribution is 4.99. The maximum absolute atomic E-state index is 9.00. The molecule has 0 aliphatic rings. The van der Waals surface area contributed by atoms with Gasteiger partial charge in [0.25, 0.3) is 0 Å². The van der Waals surface area contributed by atoms with Crippen molar-refractivity contribution >= 4 is 0 Å². The summed E-state index contributed by atoms with van der Waals surface area (Å²) in [6.07, 6.45) is 2.56. The third kappa shape index (κ3) is 7.21. The van der Waals surface area contributed by atoms with Crippen LogP contribution in [-0.2, 0) is 4.74 Å². The van der Waals surface area contributed by atoms with Crippen molar-refractivity contribution in [3.63, 3.8) is 0 Å². The van der Waals surface area contributed by atoms with E-state index >= 15 is 0 Å². The molecular weight excluding hydrogens is 140 g/mol. The van der Waals surface area contributed by atoms with Crippen LogP contribution in [0.5, 0.6) is 0 Å². The molecule has 1 atom stereocenters. The molecule has 0 fully saturated rings. The van der Waals surface area contributed by atoms with Crippen molar-refractivity contribution in [3.8, 4) is 12.0 Å². The number of aliphatic hydroxyl groups is 1. The van der Waals surface area contributed by atoms with E-state index in [-0.39, 0.29) is 5.60 Å². The van der Waals surface area contributed by atoms with E-state index in [1.54, 1.807) is 0 Å². The number of hydrogen-bond donors (Lipinski definition) is 1. The molecule has 1 unspecified atom stereocenters. The van der Waals surface area contributed by atoms with E-state index in [4.69, 9.17) is 9.84 Å². The van der Waals surface area contributed by atoms with E-state index in [1.807, 2.05) is 27.7 Å². The summed E-state index contributed by atoms with van der Waals surface area (Å²) in [4.78, 5) is 0. The van der Waals surface area contributed by atoms with Gasteiger partial charge in [-0.25, -0.2) is 0 Å². The van der Waals surface area contributed by atoms with Crippen molar-refractivity contribution in [1.82, 2.24) is 0 Å². The average molecular weight is 156 g/mol. The van der Waals surface area contributed by atoms with Crippen molar-refractivity contribution in [3.05, 3.63) is 0 Å². The fourth-order valence-electron chi connectivity index (χ4n) is 0.353. The minimum atomic E-state index is -0.558. The molecule has 2 heteroatoms. The van der Waals surface area contributed by atoms with Gasteiger partial charge in [-0.05, 0) is 33.1 Å². The van der Waals surface area contributed by atoms with Crippen molar-refractivity contribution in [1.29, 1.82) is 0 Å². The highest BCUT2D eigenvalue weighted by atomic mass is 16.5. The van der Waals surface area contributed by atoms with Gasteiger partial charge < -0.3 is 9.84 Å². The Morgan fingerprint density at radius 1 is 1.45 bits per heavy atom. The van der Waals surface area contributed by atoms with Crippen LogP contribution < -0.4 is 0 Å². The molecule has 2 nitrogen and oxygen atoms in total. The van der Waals surface area contributed by atoms with Crippen LogP contribution in [0.4, 0.5) is 0 Å². The zero-order valence-electron chi connectivity index (χ0n) is 7.64. The van der Waals surface area contributed by atoms with E-state index in [2.05, 4.69) is 12.0 Å². The van der Waals surface area contributed by atoms with Gasteiger partial charge in [-0.1, -0.05) is 6.92 Å². The van der Waals surface area contributed by atoms with Crippen LogP contribution in [0.3, 0.4) is 0 Å². The highest BCUT2D eigenvalue weighted by Gasteiger charge is 2.07. The fraction of sp³-hybridized carbons (Fsp3) is 0.778. The van der Waals surface area contributed by atoms with Crippen LogP contribution in [0.15, 0.2) is 0 Å². The lowest BCUT2D eigenvalue weighted by molar-refractivity contribution is 0.0949. The van der Waals surface area contributed by atoms with Gasteiger partial charge >= 0.3 is 0 Å². The SMILES string of the molecule is CCC(O)C#COC(C)(C)C. The molecular formula is C9H16O2. The lowest BCUT2D eigenvalue weighted by Crippen LogP contribution is -2.16. The van der Waals surface area contributed by atoms with Crippen LogP contribution in [0.1, 0.15) is 34.1 Å². The first-order chi connectivity index (χ1) is 4.95. The van der Waals surface area contributed by atoms with E-state index < -0.39 is 6.10 Å². The molecule has 0 bridgehead atoms. The first-order valence-electron chi connectivity index (χ1n) is 3.82. The summed E-state index contributed by atoms with van der Waals surface area (Å²) in [5.74, 6) is 2.57. The third-order valence-corrected chi connectivity index (χ3v) is 0.969. The maximum atomic E-state index is 9.00. The van der Waals surface area contributed by atoms with Gasteiger partial charge in [-0.2, -0.15) is 0 Å². The van der Waals surface area contributed by atoms with Crippen LogP contribution in [0, 0.1) is 12.0 Å². The number of rotatable bonds is 1. The number of ether oxygens (including phenoxy) is 1. The topological polar surface area (TPSA) is 29.5 Å². The van der Waals surface area contributed by atoms with E-state index in [1.165, 1.54) is 0 Å². The molecule has 0 aliphatic heterocycles. The van der Waals surface area contributed by atoms with Gasteiger partial charge in [0, 0.05) is 0 Å². The molecule has 0 rings (SSSR count). The average Bonchev–Trinajstić information content (AvgIpc) is 1.85. The second-order valence-corrected chi connectivity index (χ2v) is 3.38. The summed E-state index contributed by atoms with van der Waals surface area (Å²) in [5, 5.41) is 9.00. The van der Waals surface area contributed by atoms with Gasteiger partial charge in [0.05, 0.1) is 0 Å². The first kappa shape index (κ1) is 10.3. The Balaban J connectivity index is 3.73. The normalized spacial score (nSPS) is 13.2. The van der Waals surface area contributed by atoms with Gasteiger partial charge in [0.15, 0.2) is 0 Å². The number of aliphatic hydroxyl groups excluding tert-OH is 1. The lowest BCUT2D eigenvalue weighted by atomic mass is 10.2. The van der Waals surface area contributed by atoms with Gasteiger partial charge in [-0.15, -0.1) is 0 Å². The first-order valence-corrected chi connectivity index (χ1v) is 3.82. The van der Waals surface area contributed by atoms with E-state index in [0.717, 1.165) is 0 Å². The summed E-state index contributed by atoms with van der Waals surface area (Å²) < 4.78 is 5.08. The van der Waals surface area contributed by atoms with Gasteiger partial charge in [0.2, 0.25) is 0 Å². The molecule has 0 aromatic carbocycles. The highest BCUT2D eigenvalue weighted by Crippen LogP contribution is 2.04. The predicted octanol–water partition coefficient (Wildman–Crippen LogP) is 1.53. The molecule has 0 saturated carbocycles. The molecule has 0 spiro atoms. The van der Waals surface area contributed by atoms with E-state index in [0.29, 0.717) is 6.42 Å². The van der Waals surface area contributed by atoms with Gasteiger partial charge in [-0.3, -0.25) is 0 Å². The van der Waals surface area contributed by atoms with Gasteiger partial charge in [0.1, 0.15) is 17.8 Å². The molecule has 0 saturated heterocycles. The smallest absolute Gasteiger partial charge is 0.117 e. The molecule has 0 radical (unpaired) electrons. The summed E-state index contributed by atoms with van der Waals surface area (Å²) in [6, 6.07) is 0. The third-order valence-electron chi connectivity index (χ3n) is 0.969. The van der Waals surface area contributed by atoms with Crippen LogP contribution in [0.2, 0.25) is 0 Å². The standard InChI is InChI=1S/C9H16O2/c1-5-8(10)6-7-11-9(2,3)4/h8,10H,5H2,1-4H3. The largest absolute Gasteiger partial charge is 0.441 e. The lowest BCUT2D eigenvalue weighted by Gasteiger charge is -2.14. The quantitative estimate of drug-likeness (QED) is 0.583. The molecule has 0 aliphatic carbocycles. The Morgan fingerprint density at radius 2 is 2.00 bits per heavy atom. The molecule has 1 N–H and O–H groups in total. The van der Waals surface area contributed by atoms with Crippen LogP contribution >= 0.6 is 0 Å². The molecule has 0 aromatic heterocycles. The molecule has 64 valence electrons. The second kappa shape index (κ2) is 4.25. The summed E-state index contributed by atoms with van der Waals surface area (Å²) in [5.41, 5.74) is -0.250. The summed E-state index contributed by atoms with van der Waals surface area (Å²) in [6.45, 7) is 7.62. The second-order valence-electron chi connectivity index (χ2n) is 3.38. The molecule has 0 amide bonds. The molecule has 0 aromatic rings. The maximum Gasteiger partial charge on any atom is 0.117 e.